The van der Waals surface area contributed by atoms with E-state index in [1.165, 1.54) is 24.1 Å². The molecule has 0 amide bonds. The van der Waals surface area contributed by atoms with Gasteiger partial charge in [-0.15, -0.1) is 0 Å². The minimum Gasteiger partial charge on any atom is -0.369 e. The first-order valence-electron chi connectivity index (χ1n) is 8.02. The van der Waals surface area contributed by atoms with Crippen LogP contribution in [0.1, 0.15) is 31.7 Å². The molecule has 0 aromatic heterocycles. The van der Waals surface area contributed by atoms with E-state index in [-0.39, 0.29) is 5.54 Å². The van der Waals surface area contributed by atoms with Gasteiger partial charge in [0.15, 0.2) is 5.96 Å². The maximum atomic E-state index is 6.24. The Morgan fingerprint density at radius 2 is 1.95 bits per heavy atom. The van der Waals surface area contributed by atoms with Crippen molar-refractivity contribution in [1.82, 2.24) is 4.90 Å². The molecule has 1 saturated heterocycles. The smallest absolute Gasteiger partial charge is 0.196 e. The second kappa shape index (κ2) is 4.47. The van der Waals surface area contributed by atoms with E-state index < -0.39 is 0 Å². The van der Waals surface area contributed by atoms with Crippen LogP contribution in [0.2, 0.25) is 0 Å². The van der Waals surface area contributed by atoms with Crippen molar-refractivity contribution in [3.63, 3.8) is 0 Å². The molecule has 4 heteroatoms. The summed E-state index contributed by atoms with van der Waals surface area (Å²) in [7, 11) is 0. The van der Waals surface area contributed by atoms with E-state index in [9.17, 15) is 0 Å². The van der Waals surface area contributed by atoms with E-state index >= 15 is 0 Å². The molecule has 21 heavy (non-hydrogen) atoms. The molecule has 1 aliphatic carbocycles. The van der Waals surface area contributed by atoms with Gasteiger partial charge in [-0.05, 0) is 45.2 Å². The van der Waals surface area contributed by atoms with Gasteiger partial charge in [0.2, 0.25) is 0 Å². The van der Waals surface area contributed by atoms with Gasteiger partial charge in [0.25, 0.3) is 0 Å². The zero-order valence-corrected chi connectivity index (χ0v) is 12.9. The van der Waals surface area contributed by atoms with Gasteiger partial charge in [-0.25, -0.2) is 0 Å². The van der Waals surface area contributed by atoms with Gasteiger partial charge in [0.1, 0.15) is 0 Å². The minimum absolute atomic E-state index is 0.0708. The van der Waals surface area contributed by atoms with Crippen LogP contribution in [0.25, 0.3) is 0 Å². The number of hydrogen-bond acceptors (Lipinski definition) is 4. The average molecular weight is 284 g/mol. The Labute approximate surface area is 126 Å². The van der Waals surface area contributed by atoms with Crippen molar-refractivity contribution < 1.29 is 0 Å². The second-order valence-electron chi connectivity index (χ2n) is 7.03. The van der Waals surface area contributed by atoms with Gasteiger partial charge >= 0.3 is 0 Å². The summed E-state index contributed by atoms with van der Waals surface area (Å²) in [4.78, 5) is 9.57. The van der Waals surface area contributed by atoms with E-state index in [0.717, 1.165) is 25.6 Å². The van der Waals surface area contributed by atoms with Crippen molar-refractivity contribution in [1.29, 1.82) is 0 Å². The van der Waals surface area contributed by atoms with Crippen LogP contribution in [0.5, 0.6) is 0 Å². The van der Waals surface area contributed by atoms with E-state index in [0.29, 0.717) is 12.0 Å². The molecule has 2 N–H and O–H groups in total. The molecule has 1 spiro atoms. The van der Waals surface area contributed by atoms with Gasteiger partial charge in [0, 0.05) is 24.3 Å². The first kappa shape index (κ1) is 13.1. The Kier molecular flexibility index (Phi) is 2.80. The second-order valence-corrected chi connectivity index (χ2v) is 7.03. The summed E-state index contributed by atoms with van der Waals surface area (Å²) in [5.74, 6) is 0.684. The van der Waals surface area contributed by atoms with Crippen LogP contribution in [-0.4, -0.2) is 41.6 Å². The maximum Gasteiger partial charge on any atom is 0.196 e. The fourth-order valence-corrected chi connectivity index (χ4v) is 4.11. The van der Waals surface area contributed by atoms with Crippen LogP contribution in [0.3, 0.4) is 0 Å². The number of hydrogen-bond donors (Lipinski definition) is 1. The first-order chi connectivity index (χ1) is 10.1. The normalized spacial score (nSPS) is 33.0. The summed E-state index contributed by atoms with van der Waals surface area (Å²) in [5, 5.41) is 0. The predicted octanol–water partition coefficient (Wildman–Crippen LogP) is 2.13. The van der Waals surface area contributed by atoms with Crippen LogP contribution < -0.4 is 10.6 Å². The molecule has 112 valence electrons. The van der Waals surface area contributed by atoms with Crippen LogP contribution in [0.4, 0.5) is 5.69 Å². The molecule has 1 saturated carbocycles. The van der Waals surface area contributed by atoms with Gasteiger partial charge in [-0.1, -0.05) is 17.7 Å². The van der Waals surface area contributed by atoms with Gasteiger partial charge in [-0.2, -0.15) is 0 Å². The summed E-state index contributed by atoms with van der Waals surface area (Å²) in [5.41, 5.74) is 8.78. The zero-order valence-electron chi connectivity index (χ0n) is 12.9. The predicted molar refractivity (Wildman–Crippen MR) is 86.7 cm³/mol. The number of nitrogens with two attached hydrogens (primary N) is 1. The fraction of sp³-hybridized carbons (Fsp3) is 0.588. The van der Waals surface area contributed by atoms with Crippen molar-refractivity contribution in [2.45, 2.75) is 50.7 Å². The maximum absolute atomic E-state index is 6.24. The number of benzene rings is 1. The van der Waals surface area contributed by atoms with Crippen molar-refractivity contribution in [2.75, 3.05) is 18.0 Å². The molecule has 0 radical (unpaired) electrons. The fourth-order valence-electron chi connectivity index (χ4n) is 4.11. The summed E-state index contributed by atoms with van der Waals surface area (Å²) in [6, 6.07) is 10.1. The lowest BCUT2D eigenvalue weighted by molar-refractivity contribution is 0.251. The molecular formula is C17H24N4. The quantitative estimate of drug-likeness (QED) is 0.905. The number of likely N-dealkylation sites (tertiary alicyclic amines) is 1. The van der Waals surface area contributed by atoms with Crippen LogP contribution in [0.15, 0.2) is 29.3 Å². The summed E-state index contributed by atoms with van der Waals surface area (Å²) in [6.45, 7) is 6.40. The third-order valence-electron chi connectivity index (χ3n) is 5.27. The zero-order chi connectivity index (χ0) is 14.6. The van der Waals surface area contributed by atoms with Gasteiger partial charge < -0.3 is 10.6 Å². The molecule has 2 unspecified atom stereocenters. The molecule has 4 rings (SSSR count). The third kappa shape index (κ3) is 2.04. The SMILES string of the molecule is Cc1ccc(N2C(N)=NCC23CC(C)N(C2CC2)C3)cc1. The molecule has 0 bridgehead atoms. The van der Waals surface area contributed by atoms with Gasteiger partial charge in [-0.3, -0.25) is 9.89 Å². The van der Waals surface area contributed by atoms with Crippen LogP contribution in [0, 0.1) is 6.92 Å². The largest absolute Gasteiger partial charge is 0.369 e. The number of guanidine groups is 1. The number of rotatable bonds is 2. The van der Waals surface area contributed by atoms with E-state index in [2.05, 4.69) is 52.9 Å². The highest BCUT2D eigenvalue weighted by molar-refractivity contribution is 5.98. The summed E-state index contributed by atoms with van der Waals surface area (Å²) in [6.07, 6.45) is 3.88. The molecule has 3 aliphatic rings. The van der Waals surface area contributed by atoms with Crippen molar-refractivity contribution in [2.24, 2.45) is 10.7 Å². The third-order valence-corrected chi connectivity index (χ3v) is 5.27. The van der Waals surface area contributed by atoms with Crippen molar-refractivity contribution >= 4 is 11.6 Å². The molecule has 1 aromatic rings. The molecular weight excluding hydrogens is 260 g/mol. The highest BCUT2D eigenvalue weighted by Crippen LogP contribution is 2.43. The highest BCUT2D eigenvalue weighted by atomic mass is 15.4. The summed E-state index contributed by atoms with van der Waals surface area (Å²) >= 11 is 0. The molecule has 4 nitrogen and oxygen atoms in total. The van der Waals surface area contributed by atoms with E-state index in [1.807, 2.05) is 0 Å². The Morgan fingerprint density at radius 1 is 1.24 bits per heavy atom. The van der Waals surface area contributed by atoms with Crippen molar-refractivity contribution in [3.8, 4) is 0 Å². The summed E-state index contributed by atoms with van der Waals surface area (Å²) < 4.78 is 0. The standard InChI is InChI=1S/C17H24N4/c1-12-3-5-15(6-4-12)21-16(18)19-10-17(21)9-13(2)20(11-17)14-7-8-14/h3-6,13-14H,7-11H2,1-2H3,(H2,18,19). The molecule has 2 aliphatic heterocycles. The monoisotopic (exact) mass is 284 g/mol. The number of aliphatic imine (C=N–C) groups is 1. The average Bonchev–Trinajstić information content (AvgIpc) is 3.18. The Bertz CT molecular complexity index is 575. The molecule has 2 fully saturated rings. The van der Waals surface area contributed by atoms with Crippen LogP contribution in [-0.2, 0) is 0 Å². The highest BCUT2D eigenvalue weighted by Gasteiger charge is 2.53. The van der Waals surface area contributed by atoms with Gasteiger partial charge in [0.05, 0.1) is 12.1 Å². The lowest BCUT2D eigenvalue weighted by Gasteiger charge is -2.36. The van der Waals surface area contributed by atoms with E-state index in [1.54, 1.807) is 0 Å². The van der Waals surface area contributed by atoms with Crippen molar-refractivity contribution in [3.05, 3.63) is 29.8 Å². The molecule has 2 atom stereocenters. The number of nitrogens with zero attached hydrogens (tertiary/aromatic N) is 3. The first-order valence-corrected chi connectivity index (χ1v) is 8.02. The Hall–Kier alpha value is -1.55. The lowest BCUT2D eigenvalue weighted by atomic mass is 9.94. The minimum atomic E-state index is 0.0708. The lowest BCUT2D eigenvalue weighted by Crippen LogP contribution is -2.53. The topological polar surface area (TPSA) is 44.9 Å². The molecule has 1 aromatic carbocycles. The number of aryl methyl sites for hydroxylation is 1. The van der Waals surface area contributed by atoms with E-state index in [4.69, 9.17) is 5.73 Å². The van der Waals surface area contributed by atoms with Crippen LogP contribution >= 0.6 is 0 Å². The Morgan fingerprint density at radius 3 is 2.62 bits per heavy atom. The number of anilines is 1. The molecule has 2 heterocycles. The Balaban J connectivity index is 1.67.